The molecule has 0 unspecified atom stereocenters. The molecule has 1 fully saturated rings. The highest BCUT2D eigenvalue weighted by Crippen LogP contribution is 2.35. The minimum Gasteiger partial charge on any atom is -0.378 e. The Morgan fingerprint density at radius 1 is 0.946 bits per heavy atom. The molecule has 0 atom stereocenters. The number of amides is 1. The average molecular weight is 529 g/mol. The summed E-state index contributed by atoms with van der Waals surface area (Å²) < 4.78 is 47.0. The number of aromatic nitrogens is 2. The maximum atomic E-state index is 13.5. The van der Waals surface area contributed by atoms with Crippen molar-refractivity contribution in [2.75, 3.05) is 36.5 Å². The van der Waals surface area contributed by atoms with Crippen molar-refractivity contribution in [2.24, 2.45) is 0 Å². The van der Waals surface area contributed by atoms with Gasteiger partial charge < -0.3 is 15.0 Å². The summed E-state index contributed by atoms with van der Waals surface area (Å²) in [7, 11) is 0. The first-order valence-electron chi connectivity index (χ1n) is 11.6. The SMILES string of the molecule is O=C(Nc1ccccc1N1CCOCC1)c1ccc(-c2cc(C(F)(F)F)nn2-c2ccccc2Cl)cc1.[HH]. The number of halogens is 4. The average Bonchev–Trinajstić information content (AvgIpc) is 3.36. The lowest BCUT2D eigenvalue weighted by molar-refractivity contribution is -0.141. The van der Waals surface area contributed by atoms with Gasteiger partial charge >= 0.3 is 6.18 Å². The zero-order valence-electron chi connectivity index (χ0n) is 19.5. The van der Waals surface area contributed by atoms with Gasteiger partial charge in [-0.25, -0.2) is 4.68 Å². The van der Waals surface area contributed by atoms with E-state index in [-0.39, 0.29) is 18.1 Å². The van der Waals surface area contributed by atoms with E-state index in [1.165, 1.54) is 4.68 Å². The number of morpholine rings is 1. The summed E-state index contributed by atoms with van der Waals surface area (Å²) in [4.78, 5) is 15.2. The Bertz CT molecular complexity index is 1420. The molecule has 0 radical (unpaired) electrons. The zero-order chi connectivity index (χ0) is 26.0. The van der Waals surface area contributed by atoms with Gasteiger partial charge in [0.1, 0.15) is 0 Å². The fourth-order valence-electron chi connectivity index (χ4n) is 4.18. The minimum absolute atomic E-state index is 0. The number of nitrogens with zero attached hydrogens (tertiary/aromatic N) is 3. The highest BCUT2D eigenvalue weighted by atomic mass is 35.5. The van der Waals surface area contributed by atoms with E-state index in [1.54, 1.807) is 48.5 Å². The summed E-state index contributed by atoms with van der Waals surface area (Å²) in [6.45, 7) is 2.68. The van der Waals surface area contributed by atoms with Crippen LogP contribution in [-0.4, -0.2) is 42.0 Å². The van der Waals surface area contributed by atoms with E-state index in [0.29, 0.717) is 35.7 Å². The van der Waals surface area contributed by atoms with Gasteiger partial charge in [-0.15, -0.1) is 0 Å². The molecule has 1 N–H and O–H groups in total. The standard InChI is InChI=1S/C27H22ClF3N4O2.H2/c28-20-5-1-3-7-22(20)35-24(17-25(33-35)27(29,30)31)18-9-11-19(12-10-18)26(36)32-21-6-2-4-8-23(21)34-13-15-37-16-14-34;/h1-12,17H,13-16H2,(H,32,36);1H. The Kier molecular flexibility index (Phi) is 6.90. The number of para-hydroxylation sites is 3. The van der Waals surface area contributed by atoms with Crippen molar-refractivity contribution >= 4 is 28.9 Å². The van der Waals surface area contributed by atoms with Crippen molar-refractivity contribution in [1.82, 2.24) is 9.78 Å². The van der Waals surface area contributed by atoms with Crippen LogP contribution in [0.3, 0.4) is 0 Å². The molecular formula is C27H24ClF3N4O2. The number of carbonyl (C=O) groups is 1. The molecule has 2 heterocycles. The maximum absolute atomic E-state index is 13.5. The van der Waals surface area contributed by atoms with E-state index >= 15 is 0 Å². The largest absolute Gasteiger partial charge is 0.435 e. The quantitative estimate of drug-likeness (QED) is 0.319. The molecule has 0 aliphatic carbocycles. The minimum atomic E-state index is -4.63. The predicted molar refractivity (Wildman–Crippen MR) is 139 cm³/mol. The molecule has 1 aliphatic rings. The summed E-state index contributed by atoms with van der Waals surface area (Å²) in [6.07, 6.45) is -4.63. The Balaban J connectivity index is 0.00000336. The number of alkyl halides is 3. The fourth-order valence-corrected chi connectivity index (χ4v) is 4.39. The second kappa shape index (κ2) is 10.3. The Morgan fingerprint density at radius 2 is 1.59 bits per heavy atom. The lowest BCUT2D eigenvalue weighted by Gasteiger charge is -2.30. The lowest BCUT2D eigenvalue weighted by Crippen LogP contribution is -2.36. The van der Waals surface area contributed by atoms with Crippen molar-refractivity contribution < 1.29 is 24.1 Å². The monoisotopic (exact) mass is 528 g/mol. The Hall–Kier alpha value is -3.82. The van der Waals surface area contributed by atoms with Crippen molar-refractivity contribution in [3.63, 3.8) is 0 Å². The van der Waals surface area contributed by atoms with Crippen LogP contribution in [0.5, 0.6) is 0 Å². The van der Waals surface area contributed by atoms with Crippen LogP contribution < -0.4 is 10.2 Å². The van der Waals surface area contributed by atoms with Crippen molar-refractivity contribution in [3.8, 4) is 16.9 Å². The molecule has 6 nitrogen and oxygen atoms in total. The number of hydrogen-bond acceptors (Lipinski definition) is 4. The van der Waals surface area contributed by atoms with E-state index in [9.17, 15) is 18.0 Å². The molecule has 1 saturated heterocycles. The van der Waals surface area contributed by atoms with E-state index in [2.05, 4.69) is 15.3 Å². The van der Waals surface area contributed by atoms with Crippen LogP contribution in [0.2, 0.25) is 5.02 Å². The second-order valence-electron chi connectivity index (χ2n) is 8.42. The number of benzene rings is 3. The number of carbonyl (C=O) groups excluding carboxylic acids is 1. The van der Waals surface area contributed by atoms with Gasteiger partial charge in [0.25, 0.3) is 5.91 Å². The van der Waals surface area contributed by atoms with Gasteiger partial charge in [-0.05, 0) is 42.5 Å². The summed E-state index contributed by atoms with van der Waals surface area (Å²) in [5.74, 6) is -0.331. The van der Waals surface area contributed by atoms with Crippen molar-refractivity contribution in [2.45, 2.75) is 6.18 Å². The second-order valence-corrected chi connectivity index (χ2v) is 8.83. The topological polar surface area (TPSA) is 59.4 Å². The summed E-state index contributed by atoms with van der Waals surface area (Å²) in [6, 6.07) is 21.3. The number of ether oxygens (including phenoxy) is 1. The molecule has 4 aromatic rings. The van der Waals surface area contributed by atoms with E-state index < -0.39 is 11.9 Å². The summed E-state index contributed by atoms with van der Waals surface area (Å²) in [5.41, 5.74) is 1.86. The molecule has 1 aromatic heterocycles. The number of nitrogens with one attached hydrogen (secondary N) is 1. The summed E-state index contributed by atoms with van der Waals surface area (Å²) in [5, 5.41) is 6.98. The first-order chi connectivity index (χ1) is 17.8. The molecule has 0 saturated carbocycles. The third-order valence-electron chi connectivity index (χ3n) is 6.03. The van der Waals surface area contributed by atoms with E-state index in [1.807, 2.05) is 24.3 Å². The number of anilines is 2. The van der Waals surface area contributed by atoms with E-state index in [0.717, 1.165) is 24.8 Å². The maximum Gasteiger partial charge on any atom is 0.435 e. The van der Waals surface area contributed by atoms with Gasteiger partial charge in [0.15, 0.2) is 5.69 Å². The number of rotatable bonds is 5. The van der Waals surface area contributed by atoms with Crippen molar-refractivity contribution in [1.29, 1.82) is 0 Å². The fraction of sp³-hybridized carbons (Fsp3) is 0.185. The molecule has 192 valence electrons. The number of hydrogen-bond donors (Lipinski definition) is 1. The van der Waals surface area contributed by atoms with Gasteiger partial charge in [-0.1, -0.05) is 48.0 Å². The first kappa shape index (κ1) is 24.9. The molecule has 0 bridgehead atoms. The molecule has 3 aromatic carbocycles. The van der Waals surface area contributed by atoms with Gasteiger partial charge in [-0.2, -0.15) is 18.3 Å². The van der Waals surface area contributed by atoms with Crippen LogP contribution in [-0.2, 0) is 10.9 Å². The predicted octanol–water partition coefficient (Wildman–Crippen LogP) is 6.55. The van der Waals surface area contributed by atoms with Crippen LogP contribution in [0.4, 0.5) is 24.5 Å². The molecular weight excluding hydrogens is 505 g/mol. The third kappa shape index (κ3) is 5.33. The molecule has 37 heavy (non-hydrogen) atoms. The molecule has 0 spiro atoms. The summed E-state index contributed by atoms with van der Waals surface area (Å²) >= 11 is 6.25. The third-order valence-corrected chi connectivity index (χ3v) is 6.35. The van der Waals surface area contributed by atoms with Crippen LogP contribution in [0.15, 0.2) is 78.9 Å². The highest BCUT2D eigenvalue weighted by Gasteiger charge is 2.35. The smallest absolute Gasteiger partial charge is 0.378 e. The van der Waals surface area contributed by atoms with Crippen LogP contribution in [0.1, 0.15) is 17.5 Å². The van der Waals surface area contributed by atoms with Crippen LogP contribution in [0, 0.1) is 0 Å². The van der Waals surface area contributed by atoms with Gasteiger partial charge in [0.2, 0.25) is 0 Å². The molecule has 1 amide bonds. The van der Waals surface area contributed by atoms with E-state index in [4.69, 9.17) is 16.3 Å². The van der Waals surface area contributed by atoms with Gasteiger partial charge in [0.05, 0.1) is 41.0 Å². The lowest BCUT2D eigenvalue weighted by atomic mass is 10.1. The van der Waals surface area contributed by atoms with Crippen molar-refractivity contribution in [3.05, 3.63) is 95.1 Å². The normalized spacial score (nSPS) is 14.0. The molecule has 5 rings (SSSR count). The first-order valence-corrected chi connectivity index (χ1v) is 11.9. The van der Waals surface area contributed by atoms with Crippen LogP contribution >= 0.6 is 11.6 Å². The Morgan fingerprint density at radius 3 is 2.27 bits per heavy atom. The molecule has 10 heteroatoms. The Labute approximate surface area is 217 Å². The van der Waals surface area contributed by atoms with Crippen LogP contribution in [0.25, 0.3) is 16.9 Å². The zero-order valence-corrected chi connectivity index (χ0v) is 20.3. The highest BCUT2D eigenvalue weighted by molar-refractivity contribution is 6.32. The van der Waals surface area contributed by atoms with Gasteiger partial charge in [0, 0.05) is 25.6 Å². The van der Waals surface area contributed by atoms with Gasteiger partial charge in [-0.3, -0.25) is 4.79 Å². The molecule has 1 aliphatic heterocycles.